The molecule has 1 aliphatic carbocycles. The molecule has 0 spiro atoms. The standard InChI is InChI=1S/C14H29NO3S/c1-13(2,3)9-10-19(17,18)15-11-14(12-16)7-5-4-6-8-14/h15-16H,4-12H2,1-3H3. The molecule has 0 amide bonds. The Morgan fingerprint density at radius 1 is 1.16 bits per heavy atom. The van der Waals surface area contributed by atoms with Crippen LogP contribution in [-0.2, 0) is 10.0 Å². The van der Waals surface area contributed by atoms with Gasteiger partial charge in [-0.2, -0.15) is 0 Å². The summed E-state index contributed by atoms with van der Waals surface area (Å²) in [5.74, 6) is 0.165. The summed E-state index contributed by atoms with van der Waals surface area (Å²) in [7, 11) is -3.22. The summed E-state index contributed by atoms with van der Waals surface area (Å²) in [4.78, 5) is 0. The fourth-order valence-electron chi connectivity index (χ4n) is 2.47. The lowest BCUT2D eigenvalue weighted by molar-refractivity contribution is 0.0867. The lowest BCUT2D eigenvalue weighted by atomic mass is 9.75. The van der Waals surface area contributed by atoms with Crippen molar-refractivity contribution in [1.29, 1.82) is 0 Å². The maximum absolute atomic E-state index is 12.0. The van der Waals surface area contributed by atoms with Crippen LogP contribution in [0.4, 0.5) is 0 Å². The number of hydrogen-bond donors (Lipinski definition) is 2. The minimum atomic E-state index is -3.22. The Kier molecular flexibility index (Phi) is 5.83. The van der Waals surface area contributed by atoms with Crippen molar-refractivity contribution in [3.8, 4) is 0 Å². The molecule has 0 heterocycles. The summed E-state index contributed by atoms with van der Waals surface area (Å²) in [6, 6.07) is 0. The SMILES string of the molecule is CC(C)(C)CCS(=O)(=O)NCC1(CO)CCCCC1. The van der Waals surface area contributed by atoms with Crippen LogP contribution in [0.5, 0.6) is 0 Å². The third kappa shape index (κ3) is 6.23. The molecule has 0 atom stereocenters. The third-order valence-corrected chi connectivity index (χ3v) is 5.36. The van der Waals surface area contributed by atoms with Gasteiger partial charge < -0.3 is 5.11 Å². The number of sulfonamides is 1. The molecular weight excluding hydrogens is 262 g/mol. The molecule has 1 saturated carbocycles. The largest absolute Gasteiger partial charge is 0.396 e. The van der Waals surface area contributed by atoms with Crippen LogP contribution in [-0.4, -0.2) is 32.4 Å². The average molecular weight is 291 g/mol. The van der Waals surface area contributed by atoms with Gasteiger partial charge in [-0.1, -0.05) is 40.0 Å². The van der Waals surface area contributed by atoms with Crippen LogP contribution >= 0.6 is 0 Å². The van der Waals surface area contributed by atoms with Gasteiger partial charge in [0, 0.05) is 18.6 Å². The highest BCUT2D eigenvalue weighted by Gasteiger charge is 2.32. The Morgan fingerprint density at radius 3 is 2.21 bits per heavy atom. The Morgan fingerprint density at radius 2 is 1.74 bits per heavy atom. The van der Waals surface area contributed by atoms with Gasteiger partial charge in [-0.25, -0.2) is 13.1 Å². The van der Waals surface area contributed by atoms with E-state index in [9.17, 15) is 13.5 Å². The summed E-state index contributed by atoms with van der Waals surface area (Å²) in [5.41, 5.74) is -0.207. The molecule has 4 nitrogen and oxygen atoms in total. The molecular formula is C14H29NO3S. The lowest BCUT2D eigenvalue weighted by Gasteiger charge is -2.35. The number of hydrogen-bond acceptors (Lipinski definition) is 3. The minimum Gasteiger partial charge on any atom is -0.396 e. The summed E-state index contributed by atoms with van der Waals surface area (Å²) >= 11 is 0. The van der Waals surface area contributed by atoms with E-state index in [4.69, 9.17) is 0 Å². The van der Waals surface area contributed by atoms with Gasteiger partial charge in [0.1, 0.15) is 0 Å². The normalized spacial score (nSPS) is 20.4. The van der Waals surface area contributed by atoms with E-state index in [0.717, 1.165) is 25.7 Å². The molecule has 0 aromatic rings. The van der Waals surface area contributed by atoms with E-state index in [1.807, 2.05) is 20.8 Å². The van der Waals surface area contributed by atoms with E-state index in [0.29, 0.717) is 13.0 Å². The Bertz CT molecular complexity index is 365. The van der Waals surface area contributed by atoms with E-state index in [1.165, 1.54) is 6.42 Å². The minimum absolute atomic E-state index is 0.0221. The summed E-state index contributed by atoms with van der Waals surface area (Å²) in [6.45, 7) is 6.58. The first-order valence-electron chi connectivity index (χ1n) is 7.26. The molecule has 0 aromatic carbocycles. The number of aliphatic hydroxyl groups excluding tert-OH is 1. The maximum Gasteiger partial charge on any atom is 0.211 e. The van der Waals surface area contributed by atoms with Crippen molar-refractivity contribution in [2.75, 3.05) is 18.9 Å². The van der Waals surface area contributed by atoms with Gasteiger partial charge >= 0.3 is 0 Å². The van der Waals surface area contributed by atoms with E-state index in [2.05, 4.69) is 4.72 Å². The van der Waals surface area contributed by atoms with E-state index >= 15 is 0 Å². The Labute approximate surface area is 118 Å². The molecule has 0 aromatic heterocycles. The van der Waals surface area contributed by atoms with Crippen LogP contribution in [0.15, 0.2) is 0 Å². The van der Waals surface area contributed by atoms with Gasteiger partial charge in [0.2, 0.25) is 10.0 Å². The number of aliphatic hydroxyl groups is 1. The monoisotopic (exact) mass is 291 g/mol. The first-order valence-corrected chi connectivity index (χ1v) is 8.92. The quantitative estimate of drug-likeness (QED) is 0.789. The fraction of sp³-hybridized carbons (Fsp3) is 1.00. The predicted octanol–water partition coefficient (Wildman–Crippen LogP) is 2.28. The van der Waals surface area contributed by atoms with E-state index in [-0.39, 0.29) is 23.2 Å². The zero-order valence-corrected chi connectivity index (χ0v) is 13.4. The van der Waals surface area contributed by atoms with Crippen molar-refractivity contribution < 1.29 is 13.5 Å². The molecule has 0 saturated heterocycles. The molecule has 114 valence electrons. The maximum atomic E-state index is 12.0. The Hall–Kier alpha value is -0.130. The van der Waals surface area contributed by atoms with Crippen LogP contribution in [0.3, 0.4) is 0 Å². The second-order valence-corrected chi connectivity index (χ2v) is 9.10. The van der Waals surface area contributed by atoms with Crippen molar-refractivity contribution in [2.45, 2.75) is 59.3 Å². The number of rotatable bonds is 6. The van der Waals surface area contributed by atoms with Gasteiger partial charge in [0.15, 0.2) is 0 Å². The van der Waals surface area contributed by atoms with Crippen molar-refractivity contribution in [3.63, 3.8) is 0 Å². The van der Waals surface area contributed by atoms with Crippen LogP contribution < -0.4 is 4.72 Å². The molecule has 19 heavy (non-hydrogen) atoms. The van der Waals surface area contributed by atoms with Crippen molar-refractivity contribution in [3.05, 3.63) is 0 Å². The van der Waals surface area contributed by atoms with Gasteiger partial charge in [-0.15, -0.1) is 0 Å². The van der Waals surface area contributed by atoms with E-state index < -0.39 is 10.0 Å². The van der Waals surface area contributed by atoms with Crippen LogP contribution in [0.2, 0.25) is 0 Å². The second kappa shape index (κ2) is 6.55. The highest BCUT2D eigenvalue weighted by Crippen LogP contribution is 2.35. The molecule has 0 bridgehead atoms. The molecule has 2 N–H and O–H groups in total. The molecule has 5 heteroatoms. The van der Waals surface area contributed by atoms with Crippen LogP contribution in [0.1, 0.15) is 59.3 Å². The van der Waals surface area contributed by atoms with Gasteiger partial charge in [-0.05, 0) is 24.7 Å². The third-order valence-electron chi connectivity index (χ3n) is 4.04. The molecule has 0 aliphatic heterocycles. The van der Waals surface area contributed by atoms with Crippen molar-refractivity contribution in [1.82, 2.24) is 4.72 Å². The van der Waals surface area contributed by atoms with Gasteiger partial charge in [0.05, 0.1) is 5.75 Å². The van der Waals surface area contributed by atoms with Crippen molar-refractivity contribution >= 4 is 10.0 Å². The first kappa shape index (κ1) is 16.9. The molecule has 1 fully saturated rings. The summed E-state index contributed by atoms with van der Waals surface area (Å²) in [5, 5.41) is 9.56. The van der Waals surface area contributed by atoms with E-state index in [1.54, 1.807) is 0 Å². The topological polar surface area (TPSA) is 66.4 Å². The molecule has 1 aliphatic rings. The molecule has 0 radical (unpaired) electrons. The number of nitrogens with one attached hydrogen (secondary N) is 1. The fourth-order valence-corrected chi connectivity index (χ4v) is 4.02. The molecule has 1 rings (SSSR count). The van der Waals surface area contributed by atoms with Crippen LogP contribution in [0, 0.1) is 10.8 Å². The second-order valence-electron chi connectivity index (χ2n) is 7.17. The van der Waals surface area contributed by atoms with Crippen molar-refractivity contribution in [2.24, 2.45) is 10.8 Å². The predicted molar refractivity (Wildman–Crippen MR) is 78.5 cm³/mol. The Balaban J connectivity index is 2.49. The summed E-state index contributed by atoms with van der Waals surface area (Å²) in [6.07, 6.45) is 5.86. The molecule has 0 unspecified atom stereocenters. The zero-order valence-electron chi connectivity index (χ0n) is 12.5. The summed E-state index contributed by atoms with van der Waals surface area (Å²) < 4.78 is 26.7. The van der Waals surface area contributed by atoms with Gasteiger partial charge in [0.25, 0.3) is 0 Å². The highest BCUT2D eigenvalue weighted by atomic mass is 32.2. The van der Waals surface area contributed by atoms with Crippen LogP contribution in [0.25, 0.3) is 0 Å². The first-order chi connectivity index (χ1) is 8.68. The lowest BCUT2D eigenvalue weighted by Crippen LogP contribution is -2.42. The smallest absolute Gasteiger partial charge is 0.211 e. The average Bonchev–Trinajstić information content (AvgIpc) is 2.35. The zero-order chi connectivity index (χ0) is 14.6. The van der Waals surface area contributed by atoms with Gasteiger partial charge in [-0.3, -0.25) is 0 Å². The highest BCUT2D eigenvalue weighted by molar-refractivity contribution is 7.89.